The van der Waals surface area contributed by atoms with E-state index in [-0.39, 0.29) is 6.42 Å². The normalized spacial score (nSPS) is 8.10. The molecule has 0 aliphatic heterocycles. The summed E-state index contributed by atoms with van der Waals surface area (Å²) in [5, 5.41) is 8.20. The van der Waals surface area contributed by atoms with E-state index in [2.05, 4.69) is 11.8 Å². The maximum atomic E-state index is 9.96. The van der Waals surface area contributed by atoms with Gasteiger partial charge in [-0.3, -0.25) is 4.79 Å². The maximum Gasteiger partial charge on any atom is 0.303 e. The molecule has 0 radical (unpaired) electrons. The van der Waals surface area contributed by atoms with Gasteiger partial charge in [-0.2, -0.15) is 0 Å². The molecule has 3 N–H and O–H groups in total. The van der Waals surface area contributed by atoms with Gasteiger partial charge in [0.15, 0.2) is 0 Å². The quantitative estimate of drug-likeness (QED) is 0.436. The summed E-state index contributed by atoms with van der Waals surface area (Å²) in [6, 6.07) is 0. The molecule has 10 heavy (non-hydrogen) atoms. The topological polar surface area (TPSA) is 63.3 Å². The molecule has 0 amide bonds. The van der Waals surface area contributed by atoms with Crippen LogP contribution in [0.25, 0.3) is 0 Å². The summed E-state index contributed by atoms with van der Waals surface area (Å²) >= 11 is 0. The zero-order valence-electron chi connectivity index (χ0n) is 5.76. The average molecular weight is 141 g/mol. The zero-order valence-corrected chi connectivity index (χ0v) is 5.76. The summed E-state index contributed by atoms with van der Waals surface area (Å²) in [6.45, 7) is 0.354. The lowest BCUT2D eigenvalue weighted by Gasteiger charge is -1.86. The molecule has 3 heteroatoms. The van der Waals surface area contributed by atoms with Crippen molar-refractivity contribution in [1.82, 2.24) is 0 Å². The van der Waals surface area contributed by atoms with Crippen molar-refractivity contribution in [3.63, 3.8) is 0 Å². The van der Waals surface area contributed by atoms with Crippen molar-refractivity contribution in [2.75, 3.05) is 6.54 Å². The van der Waals surface area contributed by atoms with E-state index in [1.807, 2.05) is 0 Å². The fourth-order valence-electron chi connectivity index (χ4n) is 0.489. The predicted octanol–water partition coefficient (Wildman–Crippen LogP) is 0.203. The lowest BCUT2D eigenvalue weighted by Crippen LogP contribution is -1.94. The second kappa shape index (κ2) is 6.12. The van der Waals surface area contributed by atoms with Crippen LogP contribution in [0.3, 0.4) is 0 Å². The Kier molecular flexibility index (Phi) is 5.50. The van der Waals surface area contributed by atoms with Crippen LogP contribution in [0.5, 0.6) is 0 Å². The van der Waals surface area contributed by atoms with Crippen LogP contribution in [0.15, 0.2) is 0 Å². The van der Waals surface area contributed by atoms with Gasteiger partial charge in [-0.25, -0.2) is 0 Å². The van der Waals surface area contributed by atoms with Gasteiger partial charge in [0, 0.05) is 12.8 Å². The lowest BCUT2D eigenvalue weighted by molar-refractivity contribution is -0.137. The number of hydrogen-bond donors (Lipinski definition) is 2. The second-order valence-corrected chi connectivity index (χ2v) is 1.80. The minimum Gasteiger partial charge on any atom is -0.481 e. The van der Waals surface area contributed by atoms with Crippen LogP contribution in [-0.2, 0) is 4.79 Å². The van der Waals surface area contributed by atoms with Gasteiger partial charge >= 0.3 is 5.97 Å². The van der Waals surface area contributed by atoms with Gasteiger partial charge in [0.1, 0.15) is 0 Å². The van der Waals surface area contributed by atoms with Crippen molar-refractivity contribution in [3.8, 4) is 11.8 Å². The molecular formula is C7H11NO2. The Morgan fingerprint density at radius 1 is 1.50 bits per heavy atom. The molecular weight excluding hydrogens is 130 g/mol. The van der Waals surface area contributed by atoms with Crippen LogP contribution in [0.1, 0.15) is 19.3 Å². The monoisotopic (exact) mass is 141 g/mol. The van der Waals surface area contributed by atoms with E-state index in [0.717, 1.165) is 0 Å². The Morgan fingerprint density at radius 2 is 2.20 bits per heavy atom. The predicted molar refractivity (Wildman–Crippen MR) is 38.3 cm³/mol. The van der Waals surface area contributed by atoms with Crippen LogP contribution >= 0.6 is 0 Å². The lowest BCUT2D eigenvalue weighted by atomic mass is 10.2. The SMILES string of the molecule is NCC#CCCCC(=O)O. The molecule has 0 bridgehead atoms. The van der Waals surface area contributed by atoms with E-state index in [4.69, 9.17) is 10.8 Å². The Hall–Kier alpha value is -1.01. The third kappa shape index (κ3) is 6.99. The van der Waals surface area contributed by atoms with Crippen molar-refractivity contribution in [1.29, 1.82) is 0 Å². The van der Waals surface area contributed by atoms with E-state index in [0.29, 0.717) is 19.4 Å². The van der Waals surface area contributed by atoms with Gasteiger partial charge in [0.25, 0.3) is 0 Å². The van der Waals surface area contributed by atoms with Crippen LogP contribution in [0.4, 0.5) is 0 Å². The number of hydrogen-bond acceptors (Lipinski definition) is 2. The number of carboxylic acid groups (broad SMARTS) is 1. The smallest absolute Gasteiger partial charge is 0.303 e. The van der Waals surface area contributed by atoms with Gasteiger partial charge in [0.05, 0.1) is 6.54 Å². The third-order valence-corrected chi connectivity index (χ3v) is 0.919. The summed E-state index contributed by atoms with van der Waals surface area (Å²) in [5.74, 6) is 4.64. The first kappa shape index (κ1) is 8.99. The maximum absolute atomic E-state index is 9.96. The third-order valence-electron chi connectivity index (χ3n) is 0.919. The highest BCUT2D eigenvalue weighted by Crippen LogP contribution is 1.92. The van der Waals surface area contributed by atoms with Gasteiger partial charge < -0.3 is 10.8 Å². The number of carboxylic acids is 1. The summed E-state index contributed by atoms with van der Waals surface area (Å²) in [4.78, 5) is 9.96. The van der Waals surface area contributed by atoms with Crippen molar-refractivity contribution < 1.29 is 9.90 Å². The minimum absolute atomic E-state index is 0.194. The number of unbranched alkanes of at least 4 members (excludes halogenated alkanes) is 1. The van der Waals surface area contributed by atoms with Crippen LogP contribution < -0.4 is 5.73 Å². The number of rotatable bonds is 3. The molecule has 0 saturated carbocycles. The van der Waals surface area contributed by atoms with Crippen molar-refractivity contribution in [2.24, 2.45) is 5.73 Å². The Labute approximate surface area is 60.2 Å². The molecule has 56 valence electrons. The molecule has 0 heterocycles. The van der Waals surface area contributed by atoms with E-state index >= 15 is 0 Å². The van der Waals surface area contributed by atoms with Gasteiger partial charge in [0.2, 0.25) is 0 Å². The second-order valence-electron chi connectivity index (χ2n) is 1.80. The van der Waals surface area contributed by atoms with Crippen LogP contribution in [-0.4, -0.2) is 17.6 Å². The molecule has 0 aromatic rings. The first-order valence-electron chi connectivity index (χ1n) is 3.15. The highest BCUT2D eigenvalue weighted by molar-refractivity contribution is 5.66. The van der Waals surface area contributed by atoms with Crippen molar-refractivity contribution in [3.05, 3.63) is 0 Å². The van der Waals surface area contributed by atoms with E-state index in [1.165, 1.54) is 0 Å². The highest BCUT2D eigenvalue weighted by Gasteiger charge is 1.92. The van der Waals surface area contributed by atoms with Gasteiger partial charge in [-0.15, -0.1) is 5.92 Å². The molecule has 0 atom stereocenters. The summed E-state index contributed by atoms with van der Waals surface area (Å²) < 4.78 is 0. The number of carbonyl (C=O) groups is 1. The molecule has 0 aliphatic carbocycles. The van der Waals surface area contributed by atoms with Gasteiger partial charge in [-0.05, 0) is 6.42 Å². The fraction of sp³-hybridized carbons (Fsp3) is 0.571. The highest BCUT2D eigenvalue weighted by atomic mass is 16.4. The first-order chi connectivity index (χ1) is 4.77. The summed E-state index contributed by atoms with van der Waals surface area (Å²) in [5.41, 5.74) is 5.08. The van der Waals surface area contributed by atoms with E-state index < -0.39 is 5.97 Å². The first-order valence-corrected chi connectivity index (χ1v) is 3.15. The number of nitrogens with two attached hydrogens (primary N) is 1. The molecule has 0 aliphatic rings. The van der Waals surface area contributed by atoms with Gasteiger partial charge in [-0.1, -0.05) is 5.92 Å². The molecule has 0 rings (SSSR count). The van der Waals surface area contributed by atoms with E-state index in [9.17, 15) is 4.79 Å². The largest absolute Gasteiger partial charge is 0.481 e. The Morgan fingerprint density at radius 3 is 2.70 bits per heavy atom. The van der Waals surface area contributed by atoms with E-state index in [1.54, 1.807) is 0 Å². The molecule has 0 spiro atoms. The Balaban J connectivity index is 3.13. The van der Waals surface area contributed by atoms with Crippen molar-refractivity contribution >= 4 is 5.97 Å². The molecule has 3 nitrogen and oxygen atoms in total. The fourth-order valence-corrected chi connectivity index (χ4v) is 0.489. The van der Waals surface area contributed by atoms with Crippen LogP contribution in [0.2, 0.25) is 0 Å². The summed E-state index contributed by atoms with van der Waals surface area (Å²) in [7, 11) is 0. The molecule has 0 saturated heterocycles. The molecule has 0 unspecified atom stereocenters. The summed E-state index contributed by atoms with van der Waals surface area (Å²) in [6.07, 6.45) is 1.44. The van der Waals surface area contributed by atoms with Crippen molar-refractivity contribution in [2.45, 2.75) is 19.3 Å². The molecule has 0 fully saturated rings. The standard InChI is InChI=1S/C7H11NO2/c8-6-4-2-1-3-5-7(9)10/h1,3,5-6,8H2,(H,9,10). The zero-order chi connectivity index (χ0) is 7.82. The Bertz CT molecular complexity index is 155. The average Bonchev–Trinajstić information content (AvgIpc) is 1.87. The molecule has 0 aromatic heterocycles. The number of aliphatic carboxylic acids is 1. The minimum atomic E-state index is -0.769. The molecule has 0 aromatic carbocycles. The van der Waals surface area contributed by atoms with Crippen LogP contribution in [0, 0.1) is 11.8 Å².